The number of nitrogens with zero attached hydrogens (tertiary/aromatic N) is 4. The number of carbonyl (C=O) groups excluding carboxylic acids is 2. The second-order valence-corrected chi connectivity index (χ2v) is 9.50. The molecule has 0 bridgehead atoms. The zero-order valence-electron chi connectivity index (χ0n) is 19.2. The van der Waals surface area contributed by atoms with Crippen LogP contribution in [0.3, 0.4) is 0 Å². The van der Waals surface area contributed by atoms with Gasteiger partial charge in [-0.3, -0.25) is 9.59 Å². The molecule has 2 atom stereocenters. The van der Waals surface area contributed by atoms with E-state index in [9.17, 15) is 9.59 Å². The standard InChI is InChI=1S/C26H28N4O3S/c1-33-17-16-30-24(21-9-6-18-34-21)23(19-7-2-3-8-20(19)25(30)31)26(32)29-14-12-28(13-15-29)22-10-4-5-11-27-22/h2-11,18,23-24H,12-17H2,1H3/t23-,24-/m0/s1. The van der Waals surface area contributed by atoms with Gasteiger partial charge in [0.15, 0.2) is 0 Å². The molecule has 2 aliphatic heterocycles. The Kier molecular flexibility index (Phi) is 6.60. The number of benzene rings is 1. The SMILES string of the molecule is COCCN1C(=O)c2ccccc2[C@H](C(=O)N2CCN(c3ccccn3)CC2)[C@@H]1c1cccs1. The van der Waals surface area contributed by atoms with E-state index in [-0.39, 0.29) is 17.9 Å². The molecular formula is C26H28N4O3S. The molecule has 1 aromatic carbocycles. The number of hydrogen-bond donors (Lipinski definition) is 0. The van der Waals surface area contributed by atoms with Crippen LogP contribution in [0.15, 0.2) is 66.2 Å². The minimum Gasteiger partial charge on any atom is -0.383 e. The molecule has 0 spiro atoms. The quantitative estimate of drug-likeness (QED) is 0.546. The van der Waals surface area contributed by atoms with Crippen LogP contribution in [0.2, 0.25) is 0 Å². The van der Waals surface area contributed by atoms with Gasteiger partial charge < -0.3 is 19.4 Å². The summed E-state index contributed by atoms with van der Waals surface area (Å²) in [6.45, 7) is 3.55. The van der Waals surface area contributed by atoms with Crippen molar-refractivity contribution in [3.05, 3.63) is 82.2 Å². The van der Waals surface area contributed by atoms with Crippen LogP contribution in [-0.4, -0.2) is 73.0 Å². The van der Waals surface area contributed by atoms with Crippen LogP contribution in [0.25, 0.3) is 0 Å². The highest BCUT2D eigenvalue weighted by Crippen LogP contribution is 2.45. The van der Waals surface area contributed by atoms with Gasteiger partial charge in [-0.2, -0.15) is 0 Å². The van der Waals surface area contributed by atoms with Gasteiger partial charge in [0.05, 0.1) is 18.6 Å². The monoisotopic (exact) mass is 476 g/mol. The maximum atomic E-state index is 14.1. The van der Waals surface area contributed by atoms with Gasteiger partial charge in [0.25, 0.3) is 5.91 Å². The van der Waals surface area contributed by atoms with Crippen molar-refractivity contribution < 1.29 is 14.3 Å². The number of amides is 2. The molecular weight excluding hydrogens is 448 g/mol. The van der Waals surface area contributed by atoms with Crippen molar-refractivity contribution in [2.75, 3.05) is 51.3 Å². The molecule has 7 nitrogen and oxygen atoms in total. The molecule has 2 aromatic heterocycles. The number of fused-ring (bicyclic) bond motifs is 1. The summed E-state index contributed by atoms with van der Waals surface area (Å²) in [7, 11) is 1.63. The van der Waals surface area contributed by atoms with E-state index in [4.69, 9.17) is 4.74 Å². The van der Waals surface area contributed by atoms with E-state index < -0.39 is 5.92 Å². The van der Waals surface area contributed by atoms with Crippen LogP contribution in [-0.2, 0) is 9.53 Å². The lowest BCUT2D eigenvalue weighted by atomic mass is 9.81. The Balaban J connectivity index is 1.47. The summed E-state index contributed by atoms with van der Waals surface area (Å²) >= 11 is 1.59. The first-order valence-electron chi connectivity index (χ1n) is 11.6. The number of methoxy groups -OCH3 is 1. The van der Waals surface area contributed by atoms with Crippen molar-refractivity contribution in [3.8, 4) is 0 Å². The Labute approximate surface area is 203 Å². The number of hydrogen-bond acceptors (Lipinski definition) is 6. The van der Waals surface area contributed by atoms with Crippen molar-refractivity contribution >= 4 is 29.0 Å². The Hall–Kier alpha value is -3.23. The minimum atomic E-state index is -0.453. The fourth-order valence-electron chi connectivity index (χ4n) is 4.96. The van der Waals surface area contributed by atoms with Crippen LogP contribution in [0.5, 0.6) is 0 Å². The molecule has 1 fully saturated rings. The van der Waals surface area contributed by atoms with E-state index in [0.29, 0.717) is 31.8 Å². The van der Waals surface area contributed by atoms with Crippen LogP contribution in [0, 0.1) is 0 Å². The van der Waals surface area contributed by atoms with Gasteiger partial charge in [0.2, 0.25) is 5.91 Å². The Morgan fingerprint density at radius 3 is 2.56 bits per heavy atom. The zero-order valence-corrected chi connectivity index (χ0v) is 20.0. The molecule has 0 aliphatic carbocycles. The maximum absolute atomic E-state index is 14.1. The predicted octanol–water partition coefficient (Wildman–Crippen LogP) is 3.42. The highest BCUT2D eigenvalue weighted by Gasteiger charge is 2.46. The Bertz CT molecular complexity index is 1130. The van der Waals surface area contributed by atoms with Gasteiger partial charge in [0, 0.05) is 56.5 Å². The molecule has 8 heteroatoms. The lowest BCUT2D eigenvalue weighted by Crippen LogP contribution is -2.53. The summed E-state index contributed by atoms with van der Waals surface area (Å²) in [4.78, 5) is 39.1. The molecule has 176 valence electrons. The largest absolute Gasteiger partial charge is 0.383 e. The fourth-order valence-corrected chi connectivity index (χ4v) is 5.84. The van der Waals surface area contributed by atoms with E-state index in [2.05, 4.69) is 9.88 Å². The van der Waals surface area contributed by atoms with Gasteiger partial charge >= 0.3 is 0 Å². The van der Waals surface area contributed by atoms with E-state index in [0.717, 1.165) is 29.3 Å². The van der Waals surface area contributed by atoms with Crippen molar-refractivity contribution in [3.63, 3.8) is 0 Å². The zero-order chi connectivity index (χ0) is 23.5. The molecule has 3 aromatic rings. The summed E-state index contributed by atoms with van der Waals surface area (Å²) in [5.41, 5.74) is 1.42. The van der Waals surface area contributed by atoms with Crippen molar-refractivity contribution in [2.45, 2.75) is 12.0 Å². The number of carbonyl (C=O) groups is 2. The first kappa shape index (κ1) is 22.6. The molecule has 34 heavy (non-hydrogen) atoms. The second kappa shape index (κ2) is 9.95. The third kappa shape index (κ3) is 4.19. The van der Waals surface area contributed by atoms with Gasteiger partial charge in [-0.15, -0.1) is 11.3 Å². The molecule has 0 saturated carbocycles. The predicted molar refractivity (Wildman–Crippen MR) is 132 cm³/mol. The molecule has 0 N–H and O–H groups in total. The number of thiophene rings is 1. The number of piperazine rings is 1. The first-order chi connectivity index (χ1) is 16.7. The summed E-state index contributed by atoms with van der Waals surface area (Å²) in [6, 6.07) is 17.1. The number of pyridine rings is 1. The van der Waals surface area contributed by atoms with Crippen molar-refractivity contribution in [1.29, 1.82) is 0 Å². The van der Waals surface area contributed by atoms with E-state index in [1.807, 2.05) is 69.8 Å². The molecule has 1 saturated heterocycles. The lowest BCUT2D eigenvalue weighted by Gasteiger charge is -2.44. The molecule has 2 aliphatic rings. The van der Waals surface area contributed by atoms with E-state index in [1.54, 1.807) is 24.6 Å². The smallest absolute Gasteiger partial charge is 0.254 e. The van der Waals surface area contributed by atoms with Gasteiger partial charge in [-0.25, -0.2) is 4.98 Å². The average Bonchev–Trinajstić information content (AvgIpc) is 3.43. The van der Waals surface area contributed by atoms with E-state index in [1.165, 1.54) is 0 Å². The number of aromatic nitrogens is 1. The maximum Gasteiger partial charge on any atom is 0.254 e. The number of ether oxygens (including phenoxy) is 1. The highest BCUT2D eigenvalue weighted by molar-refractivity contribution is 7.10. The van der Waals surface area contributed by atoms with Gasteiger partial charge in [-0.1, -0.05) is 30.3 Å². The molecule has 0 unspecified atom stereocenters. The Morgan fingerprint density at radius 2 is 1.85 bits per heavy atom. The van der Waals surface area contributed by atoms with Crippen molar-refractivity contribution in [1.82, 2.24) is 14.8 Å². The average molecular weight is 477 g/mol. The molecule has 5 rings (SSSR count). The van der Waals surface area contributed by atoms with Crippen LogP contribution in [0.4, 0.5) is 5.82 Å². The molecule has 2 amide bonds. The van der Waals surface area contributed by atoms with Crippen LogP contribution in [0.1, 0.15) is 32.8 Å². The van der Waals surface area contributed by atoms with E-state index >= 15 is 0 Å². The molecule has 4 heterocycles. The van der Waals surface area contributed by atoms with Gasteiger partial charge in [0.1, 0.15) is 5.82 Å². The summed E-state index contributed by atoms with van der Waals surface area (Å²) in [5, 5.41) is 2.00. The second-order valence-electron chi connectivity index (χ2n) is 8.52. The number of anilines is 1. The molecule has 0 radical (unpaired) electrons. The summed E-state index contributed by atoms with van der Waals surface area (Å²) < 4.78 is 5.32. The summed E-state index contributed by atoms with van der Waals surface area (Å²) in [6.07, 6.45) is 1.79. The summed E-state index contributed by atoms with van der Waals surface area (Å²) in [5.74, 6) is 0.507. The van der Waals surface area contributed by atoms with Crippen LogP contribution < -0.4 is 4.90 Å². The third-order valence-corrected chi connectivity index (χ3v) is 7.58. The van der Waals surface area contributed by atoms with Crippen LogP contribution >= 0.6 is 11.3 Å². The van der Waals surface area contributed by atoms with Gasteiger partial charge in [-0.05, 0) is 35.2 Å². The Morgan fingerprint density at radius 1 is 1.06 bits per heavy atom. The lowest BCUT2D eigenvalue weighted by molar-refractivity contribution is -0.135. The topological polar surface area (TPSA) is 66.0 Å². The van der Waals surface area contributed by atoms with Crippen molar-refractivity contribution in [2.24, 2.45) is 0 Å². The minimum absolute atomic E-state index is 0.0462. The number of rotatable bonds is 6. The first-order valence-corrected chi connectivity index (χ1v) is 12.4. The third-order valence-electron chi connectivity index (χ3n) is 6.64. The highest BCUT2D eigenvalue weighted by atomic mass is 32.1. The fraction of sp³-hybridized carbons (Fsp3) is 0.346. The normalized spacial score (nSPS) is 20.4.